The van der Waals surface area contributed by atoms with Crippen LogP contribution in [-0.4, -0.2) is 52.3 Å². The predicted molar refractivity (Wildman–Crippen MR) is 154 cm³/mol. The Hall–Kier alpha value is -4.49. The number of benzene rings is 2. The van der Waals surface area contributed by atoms with E-state index in [-0.39, 0.29) is 45.9 Å². The Bertz CT molecular complexity index is 1870. The van der Waals surface area contributed by atoms with Gasteiger partial charge >= 0.3 is 6.18 Å². The molecule has 4 aromatic rings. The number of nitrogens with two attached hydrogens (primary N) is 1. The van der Waals surface area contributed by atoms with Crippen molar-refractivity contribution < 1.29 is 41.7 Å². The van der Waals surface area contributed by atoms with Crippen LogP contribution >= 0.6 is 11.6 Å². The number of aromatic nitrogens is 2. The minimum atomic E-state index is -5.38. The number of primary amides is 1. The molecule has 2 aromatic carbocycles. The molecular formula is C31H25ClF4N4O5. The highest BCUT2D eigenvalue weighted by molar-refractivity contribution is 6.31. The van der Waals surface area contributed by atoms with Gasteiger partial charge in [0.15, 0.2) is 0 Å². The number of aliphatic hydroxyl groups is 1. The monoisotopic (exact) mass is 644 g/mol. The minimum absolute atomic E-state index is 0.0195. The first-order valence-corrected chi connectivity index (χ1v) is 14.2. The Morgan fingerprint density at radius 2 is 1.96 bits per heavy atom. The highest BCUT2D eigenvalue weighted by Crippen LogP contribution is 2.48. The van der Waals surface area contributed by atoms with E-state index in [4.69, 9.17) is 26.8 Å². The molecule has 2 atom stereocenters. The number of ether oxygens (including phenoxy) is 2. The van der Waals surface area contributed by atoms with E-state index in [9.17, 15) is 32.3 Å². The summed E-state index contributed by atoms with van der Waals surface area (Å²) in [6.45, 7) is -0.312. The largest absolute Gasteiger partial charge is 0.489 e. The summed E-state index contributed by atoms with van der Waals surface area (Å²) in [6.07, 6.45) is -2.23. The third kappa shape index (κ3) is 5.39. The molecule has 2 aliphatic rings. The van der Waals surface area contributed by atoms with E-state index in [0.717, 1.165) is 31.0 Å². The lowest BCUT2D eigenvalue weighted by atomic mass is 9.81. The van der Waals surface area contributed by atoms with Crippen molar-refractivity contribution in [3.63, 3.8) is 0 Å². The molecule has 1 fully saturated rings. The Labute approximate surface area is 258 Å². The van der Waals surface area contributed by atoms with Gasteiger partial charge in [-0.2, -0.15) is 13.2 Å². The zero-order valence-corrected chi connectivity index (χ0v) is 24.3. The van der Waals surface area contributed by atoms with Crippen LogP contribution in [-0.2, 0) is 15.8 Å². The maximum absolute atomic E-state index is 14.8. The topological polar surface area (TPSA) is 137 Å². The average molecular weight is 645 g/mol. The molecular weight excluding hydrogens is 620 g/mol. The fraction of sp³-hybridized carbons (Fsp3) is 0.290. The van der Waals surface area contributed by atoms with Crippen molar-refractivity contribution in [2.24, 2.45) is 5.73 Å². The first kappa shape index (κ1) is 30.5. The van der Waals surface area contributed by atoms with Gasteiger partial charge in [-0.05, 0) is 62.2 Å². The molecule has 1 saturated carbocycles. The second kappa shape index (κ2) is 10.8. The average Bonchev–Trinajstić information content (AvgIpc) is 3.75. The van der Waals surface area contributed by atoms with E-state index in [1.807, 2.05) is 0 Å². The highest BCUT2D eigenvalue weighted by Gasteiger charge is 2.57. The summed E-state index contributed by atoms with van der Waals surface area (Å²) >= 11 is 5.94. The molecule has 2 amide bonds. The van der Waals surface area contributed by atoms with Crippen LogP contribution in [0, 0.1) is 5.82 Å². The van der Waals surface area contributed by atoms with E-state index < -0.39 is 47.1 Å². The number of alkyl halides is 3. The molecule has 0 radical (unpaired) electrons. The van der Waals surface area contributed by atoms with Crippen molar-refractivity contribution in [1.82, 2.24) is 15.3 Å². The number of amides is 2. The van der Waals surface area contributed by atoms with Gasteiger partial charge in [0.2, 0.25) is 11.5 Å². The highest BCUT2D eigenvalue weighted by atomic mass is 35.5. The Morgan fingerprint density at radius 1 is 1.20 bits per heavy atom. The first-order valence-electron chi connectivity index (χ1n) is 13.8. The summed E-state index contributed by atoms with van der Waals surface area (Å²) in [5.74, 6) is -2.40. The zero-order chi connectivity index (χ0) is 32.3. The van der Waals surface area contributed by atoms with Gasteiger partial charge in [-0.1, -0.05) is 17.7 Å². The molecule has 9 nitrogen and oxygen atoms in total. The summed E-state index contributed by atoms with van der Waals surface area (Å²) in [5.41, 5.74) is -0.507. The third-order valence-corrected chi connectivity index (χ3v) is 8.25. The van der Waals surface area contributed by atoms with Gasteiger partial charge in [0.1, 0.15) is 40.5 Å². The van der Waals surface area contributed by atoms with Crippen molar-refractivity contribution in [3.8, 4) is 22.8 Å². The van der Waals surface area contributed by atoms with Gasteiger partial charge in [-0.3, -0.25) is 14.6 Å². The second-order valence-electron chi connectivity index (χ2n) is 11.3. The van der Waals surface area contributed by atoms with Crippen LogP contribution in [0.3, 0.4) is 0 Å². The Kier molecular flexibility index (Phi) is 7.36. The summed E-state index contributed by atoms with van der Waals surface area (Å²) < 4.78 is 69.8. The second-order valence-corrected chi connectivity index (χ2v) is 11.7. The molecule has 14 heteroatoms. The first-order chi connectivity index (χ1) is 21.2. The van der Waals surface area contributed by atoms with Crippen LogP contribution in [0.2, 0.25) is 5.02 Å². The molecule has 0 spiro atoms. The lowest BCUT2D eigenvalue weighted by molar-refractivity contribution is -0.265. The molecule has 4 N–H and O–H groups in total. The third-order valence-electron chi connectivity index (χ3n) is 7.96. The number of hydrogen-bond acceptors (Lipinski definition) is 7. The molecule has 45 heavy (non-hydrogen) atoms. The van der Waals surface area contributed by atoms with Gasteiger partial charge in [0.05, 0.1) is 23.4 Å². The van der Waals surface area contributed by atoms with Gasteiger partial charge in [0.25, 0.3) is 5.91 Å². The fourth-order valence-electron chi connectivity index (χ4n) is 5.03. The van der Waals surface area contributed by atoms with Gasteiger partial charge < -0.3 is 25.6 Å². The zero-order valence-electron chi connectivity index (χ0n) is 23.5. The molecule has 6 rings (SSSR count). The fourth-order valence-corrected chi connectivity index (χ4v) is 5.21. The summed E-state index contributed by atoms with van der Waals surface area (Å²) in [4.78, 5) is 34.1. The number of nitrogens with zero attached hydrogens (tertiary/aromatic N) is 2. The van der Waals surface area contributed by atoms with E-state index in [2.05, 4.69) is 15.3 Å². The van der Waals surface area contributed by atoms with E-state index in [1.165, 1.54) is 25.1 Å². The molecule has 234 valence electrons. The smallest absolute Gasteiger partial charge is 0.424 e. The van der Waals surface area contributed by atoms with Gasteiger partial charge in [-0.15, -0.1) is 0 Å². The van der Waals surface area contributed by atoms with Crippen LogP contribution in [0.5, 0.6) is 11.5 Å². The predicted octanol–water partition coefficient (Wildman–Crippen LogP) is 4.95. The maximum Gasteiger partial charge on any atom is 0.424 e. The maximum atomic E-state index is 14.8. The summed E-state index contributed by atoms with van der Waals surface area (Å²) in [6, 6.07) is 10.3. The number of fused-ring (bicyclic) bond motifs is 2. The quantitative estimate of drug-likeness (QED) is 0.231. The van der Waals surface area contributed by atoms with Crippen LogP contribution in [0.25, 0.3) is 22.2 Å². The molecule has 1 aliphatic heterocycles. The van der Waals surface area contributed by atoms with Gasteiger partial charge in [-0.25, -0.2) is 9.37 Å². The van der Waals surface area contributed by atoms with Crippen LogP contribution in [0.4, 0.5) is 17.6 Å². The number of pyridine rings is 2. The molecule has 0 saturated heterocycles. The van der Waals surface area contributed by atoms with Crippen molar-refractivity contribution >= 4 is 34.3 Å². The number of halogens is 5. The van der Waals surface area contributed by atoms with Crippen LogP contribution in [0.1, 0.15) is 41.4 Å². The number of rotatable bonds is 8. The Morgan fingerprint density at radius 3 is 2.62 bits per heavy atom. The molecule has 2 aromatic heterocycles. The minimum Gasteiger partial charge on any atom is -0.489 e. The van der Waals surface area contributed by atoms with E-state index in [1.54, 1.807) is 18.3 Å². The lowest BCUT2D eigenvalue weighted by Gasteiger charge is -2.31. The SMILES string of the molecule is C[C@]1(C(N)=O)COc2c1cc([C@@](O)(CNC(=O)c1cc(OC3CC3)c3ncccc3c1)C(F)(F)F)nc2-c1ccc(F)c(Cl)c1. The van der Waals surface area contributed by atoms with Crippen molar-refractivity contribution in [2.75, 3.05) is 13.2 Å². The number of carbonyl (C=O) groups excluding carboxylic acids is 2. The van der Waals surface area contributed by atoms with Crippen LogP contribution < -0.4 is 20.5 Å². The number of carbonyl (C=O) groups is 2. The number of nitrogens with one attached hydrogen (secondary N) is 1. The Balaban J connectivity index is 1.41. The van der Waals surface area contributed by atoms with Crippen LogP contribution in [0.15, 0.2) is 54.7 Å². The molecule has 0 unspecified atom stereocenters. The molecule has 0 bridgehead atoms. The van der Waals surface area contributed by atoms with E-state index in [0.29, 0.717) is 16.7 Å². The summed E-state index contributed by atoms with van der Waals surface area (Å²) in [7, 11) is 0. The standard InChI is InChI=1S/C31H25ClF4N4O5/c1-29(28(37)42)14-44-26-19(29)12-23(40-25(26)16-4-7-21(33)20(32)10-16)30(43,31(34,35)36)13-39-27(41)17-9-15-3-2-8-38-24(15)22(11-17)45-18-5-6-18/h2-4,7-12,18,43H,5-6,13-14H2,1H3,(H2,37,42)(H,39,41)/t29-,30-/m0/s1. The van der Waals surface area contributed by atoms with E-state index >= 15 is 0 Å². The molecule has 3 heterocycles. The van der Waals surface area contributed by atoms with Gasteiger partial charge in [0, 0.05) is 28.3 Å². The summed E-state index contributed by atoms with van der Waals surface area (Å²) in [5, 5.41) is 13.7. The lowest BCUT2D eigenvalue weighted by Crippen LogP contribution is -2.51. The molecule has 1 aliphatic carbocycles. The van der Waals surface area contributed by atoms with Crippen molar-refractivity contribution in [2.45, 2.75) is 43.1 Å². The van der Waals surface area contributed by atoms with Crippen molar-refractivity contribution in [1.29, 1.82) is 0 Å². The normalized spacial score (nSPS) is 19.0. The van der Waals surface area contributed by atoms with Crippen molar-refractivity contribution in [3.05, 3.63) is 82.4 Å². The number of hydrogen-bond donors (Lipinski definition) is 3.